The number of benzene rings is 2. The Morgan fingerprint density at radius 2 is 1.72 bits per heavy atom. The van der Waals surface area contributed by atoms with Crippen LogP contribution in [-0.2, 0) is 25.9 Å². The van der Waals surface area contributed by atoms with Crippen molar-refractivity contribution in [3.05, 3.63) is 76.9 Å². The molecule has 2 aromatic carbocycles. The van der Waals surface area contributed by atoms with E-state index in [1.165, 1.54) is 5.56 Å². The zero-order chi connectivity index (χ0) is 27.7. The minimum atomic E-state index is -3.13. The van der Waals surface area contributed by atoms with Gasteiger partial charge in [0.25, 0.3) is 11.8 Å². The molecule has 2 aromatic rings. The van der Waals surface area contributed by atoms with Crippen molar-refractivity contribution in [2.45, 2.75) is 25.4 Å². The largest absolute Gasteiger partial charge is 0.379 e. The zero-order valence-electron chi connectivity index (χ0n) is 21.6. The Hall–Kier alpha value is -3.49. The van der Waals surface area contributed by atoms with Gasteiger partial charge in [-0.1, -0.05) is 36.1 Å². The molecule has 2 heterocycles. The van der Waals surface area contributed by atoms with E-state index in [1.807, 2.05) is 18.2 Å². The van der Waals surface area contributed by atoms with Crippen molar-refractivity contribution in [2.24, 2.45) is 5.92 Å². The number of amides is 2. The second-order valence-corrected chi connectivity index (χ2v) is 12.0. The molecule has 0 radical (unpaired) electrons. The molecule has 0 bridgehead atoms. The van der Waals surface area contributed by atoms with Crippen molar-refractivity contribution in [1.82, 2.24) is 15.7 Å². The van der Waals surface area contributed by atoms with Gasteiger partial charge in [0, 0.05) is 30.8 Å². The van der Waals surface area contributed by atoms with E-state index in [0.29, 0.717) is 5.56 Å². The van der Waals surface area contributed by atoms with Gasteiger partial charge in [0.05, 0.1) is 24.7 Å². The summed E-state index contributed by atoms with van der Waals surface area (Å²) < 4.78 is 28.8. The first kappa shape index (κ1) is 28.5. The van der Waals surface area contributed by atoms with Crippen LogP contribution in [0, 0.1) is 17.8 Å². The highest BCUT2D eigenvalue weighted by Gasteiger charge is 2.34. The first-order chi connectivity index (χ1) is 18.8. The van der Waals surface area contributed by atoms with E-state index in [1.54, 1.807) is 35.8 Å². The average molecular weight is 552 g/mol. The van der Waals surface area contributed by atoms with Gasteiger partial charge < -0.3 is 10.1 Å². The number of carbonyl (C=O) groups excluding carboxylic acids is 2. The van der Waals surface area contributed by atoms with Crippen LogP contribution in [0.5, 0.6) is 0 Å². The minimum Gasteiger partial charge on any atom is -0.379 e. The summed E-state index contributed by atoms with van der Waals surface area (Å²) in [6.45, 7) is 4.38. The molecule has 2 amide bonds. The lowest BCUT2D eigenvalue weighted by Crippen LogP contribution is -2.51. The van der Waals surface area contributed by atoms with E-state index >= 15 is 0 Å². The highest BCUT2D eigenvalue weighted by Crippen LogP contribution is 2.23. The van der Waals surface area contributed by atoms with Crippen molar-refractivity contribution in [2.75, 3.05) is 37.8 Å². The summed E-state index contributed by atoms with van der Waals surface area (Å²) in [6, 6.07) is 14.0. The third kappa shape index (κ3) is 8.50. The molecule has 2 saturated heterocycles. The number of nitrogens with one attached hydrogen (secondary N) is 2. The highest BCUT2D eigenvalue weighted by atomic mass is 32.2. The molecule has 2 fully saturated rings. The molecule has 9 nitrogen and oxygen atoms in total. The van der Waals surface area contributed by atoms with E-state index in [2.05, 4.69) is 34.2 Å². The van der Waals surface area contributed by atoms with Crippen LogP contribution in [0.4, 0.5) is 0 Å². The summed E-state index contributed by atoms with van der Waals surface area (Å²) in [4.78, 5) is 27.3. The number of carbonyl (C=O) groups is 2. The van der Waals surface area contributed by atoms with Crippen LogP contribution in [-0.4, -0.2) is 74.2 Å². The molecule has 2 aliphatic rings. The lowest BCUT2D eigenvalue weighted by Gasteiger charge is -2.29. The molecule has 39 heavy (non-hydrogen) atoms. The molecular weight excluding hydrogens is 518 g/mol. The maximum absolute atomic E-state index is 12.8. The maximum atomic E-state index is 12.8. The Morgan fingerprint density at radius 1 is 1.05 bits per heavy atom. The summed E-state index contributed by atoms with van der Waals surface area (Å²) in [5, 5.41) is 11.8. The molecule has 10 heteroatoms. The number of hydrogen-bond donors (Lipinski definition) is 3. The van der Waals surface area contributed by atoms with Gasteiger partial charge in [-0.25, -0.2) is 13.9 Å². The van der Waals surface area contributed by atoms with E-state index < -0.39 is 27.7 Å². The van der Waals surface area contributed by atoms with Crippen molar-refractivity contribution < 1.29 is 28.0 Å². The monoisotopic (exact) mass is 551 g/mol. The number of sulfone groups is 1. The van der Waals surface area contributed by atoms with E-state index in [-0.39, 0.29) is 30.3 Å². The summed E-state index contributed by atoms with van der Waals surface area (Å²) in [6.07, 6.45) is 4.07. The number of allylic oxidation sites excluding steroid dienone is 1. The lowest BCUT2D eigenvalue weighted by atomic mass is 9.92. The fraction of sp³-hybridized carbons (Fsp3) is 0.379. The molecule has 0 saturated carbocycles. The normalized spacial score (nSPS) is 18.6. The number of morpholine rings is 1. The second kappa shape index (κ2) is 13.5. The SMILES string of the molecule is O=C(N[C@H](C(=O)NO)C1CCS(=O)(=O)CC1)c1ccc(C=CC#Cc2ccc(CN3CCOCC3)cc2)cc1. The Kier molecular flexibility index (Phi) is 9.90. The molecular formula is C29H33N3O6S. The molecule has 206 valence electrons. The number of nitrogens with zero attached hydrogens (tertiary/aromatic N) is 1. The van der Waals surface area contributed by atoms with Crippen LogP contribution < -0.4 is 10.8 Å². The molecule has 0 spiro atoms. The smallest absolute Gasteiger partial charge is 0.266 e. The first-order valence-corrected chi connectivity index (χ1v) is 14.8. The number of ether oxygens (including phenoxy) is 1. The van der Waals surface area contributed by atoms with Crippen LogP contribution in [0.1, 0.15) is 39.9 Å². The van der Waals surface area contributed by atoms with Crippen LogP contribution >= 0.6 is 0 Å². The van der Waals surface area contributed by atoms with E-state index in [9.17, 15) is 18.0 Å². The number of rotatable bonds is 7. The van der Waals surface area contributed by atoms with Gasteiger partial charge in [0.1, 0.15) is 15.9 Å². The van der Waals surface area contributed by atoms with Gasteiger partial charge in [-0.15, -0.1) is 0 Å². The molecule has 4 rings (SSSR count). The van der Waals surface area contributed by atoms with Gasteiger partial charge in [-0.3, -0.25) is 19.7 Å². The van der Waals surface area contributed by atoms with Crippen LogP contribution in [0.2, 0.25) is 0 Å². The zero-order valence-corrected chi connectivity index (χ0v) is 22.5. The predicted octanol–water partition coefficient (Wildman–Crippen LogP) is 2.01. The van der Waals surface area contributed by atoms with Gasteiger partial charge in [0.2, 0.25) is 0 Å². The Balaban J connectivity index is 1.30. The standard InChI is InChI=1S/C29H33N3O6S/c33-28(30-27(29(34)31-35)25-13-19-39(36,37)20-14-25)26-11-9-23(10-12-26)4-2-1-3-22-5-7-24(8-6-22)21-32-15-17-38-18-16-32/h2,4-12,25,27,35H,13-21H2,(H,30,33)(H,31,34)/t27-/m0/s1. The van der Waals surface area contributed by atoms with Crippen LogP contribution in [0.3, 0.4) is 0 Å². The average Bonchev–Trinajstić information content (AvgIpc) is 2.95. The second-order valence-electron chi connectivity index (χ2n) is 9.73. The van der Waals surface area contributed by atoms with Crippen LogP contribution in [0.25, 0.3) is 6.08 Å². The number of hydrogen-bond acceptors (Lipinski definition) is 7. The summed E-state index contributed by atoms with van der Waals surface area (Å²) >= 11 is 0. The quantitative estimate of drug-likeness (QED) is 0.273. The van der Waals surface area contributed by atoms with Crippen molar-refractivity contribution in [3.63, 3.8) is 0 Å². The van der Waals surface area contributed by atoms with E-state index in [4.69, 9.17) is 9.94 Å². The van der Waals surface area contributed by atoms with Gasteiger partial charge in [-0.05, 0) is 66.3 Å². The maximum Gasteiger partial charge on any atom is 0.266 e. The highest BCUT2D eigenvalue weighted by molar-refractivity contribution is 7.91. The Bertz CT molecular complexity index is 1320. The van der Waals surface area contributed by atoms with Crippen LogP contribution in [0.15, 0.2) is 54.6 Å². The Morgan fingerprint density at radius 3 is 2.36 bits per heavy atom. The Labute approximate surface area is 229 Å². The minimum absolute atomic E-state index is 0.0487. The number of hydroxylamine groups is 1. The lowest BCUT2D eigenvalue weighted by molar-refractivity contribution is -0.132. The molecule has 0 aromatic heterocycles. The molecule has 2 aliphatic heterocycles. The molecule has 1 atom stereocenters. The van der Waals surface area contributed by atoms with Crippen molar-refractivity contribution in [3.8, 4) is 11.8 Å². The van der Waals surface area contributed by atoms with Gasteiger partial charge in [0.15, 0.2) is 0 Å². The predicted molar refractivity (Wildman–Crippen MR) is 147 cm³/mol. The molecule has 0 unspecified atom stereocenters. The summed E-state index contributed by atoms with van der Waals surface area (Å²) in [7, 11) is -3.13. The van der Waals surface area contributed by atoms with Gasteiger partial charge in [-0.2, -0.15) is 0 Å². The molecule has 0 aliphatic carbocycles. The fourth-order valence-electron chi connectivity index (χ4n) is 4.65. The topological polar surface area (TPSA) is 125 Å². The molecule has 3 N–H and O–H groups in total. The summed E-state index contributed by atoms with van der Waals surface area (Å²) in [5.41, 5.74) is 4.94. The third-order valence-electron chi connectivity index (χ3n) is 6.96. The first-order valence-electron chi connectivity index (χ1n) is 13.0. The van der Waals surface area contributed by atoms with Crippen molar-refractivity contribution >= 4 is 27.7 Å². The third-order valence-corrected chi connectivity index (χ3v) is 8.68. The fourth-order valence-corrected chi connectivity index (χ4v) is 6.18. The van der Waals surface area contributed by atoms with Crippen molar-refractivity contribution in [1.29, 1.82) is 0 Å². The summed E-state index contributed by atoms with van der Waals surface area (Å²) in [5.74, 6) is 4.42. The van der Waals surface area contributed by atoms with Gasteiger partial charge >= 0.3 is 0 Å². The van der Waals surface area contributed by atoms with E-state index in [0.717, 1.165) is 44.0 Å².